The highest BCUT2D eigenvalue weighted by Gasteiger charge is 2.15. The summed E-state index contributed by atoms with van der Waals surface area (Å²) >= 11 is 0. The maximum absolute atomic E-state index is 8.34. The van der Waals surface area contributed by atoms with Crippen molar-refractivity contribution in [1.82, 2.24) is 16.0 Å². The average Bonchev–Trinajstić information content (AvgIpc) is 2.59. The molecule has 1 aliphatic rings. The molecule has 0 fully saturated rings. The predicted molar refractivity (Wildman–Crippen MR) is 97.2 cm³/mol. The average molecular weight is 312 g/mol. The summed E-state index contributed by atoms with van der Waals surface area (Å²) in [6, 6.07) is 7.74. The third kappa shape index (κ3) is 4.20. The molecule has 1 aromatic rings. The second-order valence-electron chi connectivity index (χ2n) is 5.25. The molecule has 0 saturated carbocycles. The van der Waals surface area contributed by atoms with Crippen LogP contribution >= 0.6 is 0 Å². The molecule has 0 unspecified atom stereocenters. The van der Waals surface area contributed by atoms with Gasteiger partial charge in [0, 0.05) is 68.6 Å². The van der Waals surface area contributed by atoms with Crippen LogP contribution in [0.1, 0.15) is 12.0 Å². The summed E-state index contributed by atoms with van der Waals surface area (Å²) in [5.41, 5.74) is 4.62. The number of anilines is 1. The molecular formula is C17H24N6. The van der Waals surface area contributed by atoms with Crippen LogP contribution in [-0.2, 0) is 0 Å². The van der Waals surface area contributed by atoms with Crippen LogP contribution in [0.4, 0.5) is 5.69 Å². The highest BCUT2D eigenvalue weighted by Crippen LogP contribution is 2.19. The van der Waals surface area contributed by atoms with Gasteiger partial charge in [-0.05, 0) is 17.7 Å². The van der Waals surface area contributed by atoms with Crippen molar-refractivity contribution in [2.75, 3.05) is 32.5 Å². The Balaban J connectivity index is 2.20. The van der Waals surface area contributed by atoms with E-state index < -0.39 is 0 Å². The zero-order valence-electron chi connectivity index (χ0n) is 13.6. The van der Waals surface area contributed by atoms with Crippen LogP contribution < -0.4 is 21.3 Å². The minimum absolute atomic E-state index is 0.396. The van der Waals surface area contributed by atoms with Crippen molar-refractivity contribution in [3.05, 3.63) is 47.3 Å². The first-order chi connectivity index (χ1) is 11.2. The highest BCUT2D eigenvalue weighted by molar-refractivity contribution is 6.10. The SMILES string of the molecule is CN/C=C(\C=N)c1cccc(NC(=N)C2=C(NC)CCNC2)c1. The van der Waals surface area contributed by atoms with E-state index in [1.807, 2.05) is 38.4 Å². The van der Waals surface area contributed by atoms with Gasteiger partial charge in [-0.1, -0.05) is 12.1 Å². The Morgan fingerprint density at radius 3 is 2.83 bits per heavy atom. The monoisotopic (exact) mass is 312 g/mol. The summed E-state index contributed by atoms with van der Waals surface area (Å²) < 4.78 is 0. The third-order valence-electron chi connectivity index (χ3n) is 3.74. The van der Waals surface area contributed by atoms with Crippen LogP contribution in [0, 0.1) is 10.8 Å². The Morgan fingerprint density at radius 2 is 2.13 bits per heavy atom. The fourth-order valence-corrected chi connectivity index (χ4v) is 2.56. The molecule has 0 spiro atoms. The molecule has 0 aliphatic carbocycles. The number of rotatable bonds is 6. The largest absolute Gasteiger partial charge is 0.393 e. The fourth-order valence-electron chi connectivity index (χ4n) is 2.56. The summed E-state index contributed by atoms with van der Waals surface area (Å²) in [7, 11) is 3.70. The second kappa shape index (κ2) is 8.14. The number of hydrogen-bond donors (Lipinski definition) is 6. The van der Waals surface area contributed by atoms with Crippen molar-refractivity contribution in [2.45, 2.75) is 6.42 Å². The summed E-state index contributed by atoms with van der Waals surface area (Å²) in [5, 5.41) is 28.4. The molecule has 0 radical (unpaired) electrons. The Kier molecular flexibility index (Phi) is 5.94. The number of amidine groups is 1. The lowest BCUT2D eigenvalue weighted by molar-refractivity contribution is 0.659. The molecule has 0 aromatic heterocycles. The van der Waals surface area contributed by atoms with Crippen LogP contribution in [0.25, 0.3) is 5.57 Å². The van der Waals surface area contributed by atoms with Crippen molar-refractivity contribution in [1.29, 1.82) is 10.8 Å². The molecule has 0 saturated heterocycles. The molecule has 1 heterocycles. The van der Waals surface area contributed by atoms with Gasteiger partial charge < -0.3 is 26.7 Å². The number of nitrogens with one attached hydrogen (secondary N) is 6. The Labute approximate surface area is 137 Å². The van der Waals surface area contributed by atoms with E-state index >= 15 is 0 Å². The zero-order chi connectivity index (χ0) is 16.7. The summed E-state index contributed by atoms with van der Waals surface area (Å²) in [5.74, 6) is 0.396. The van der Waals surface area contributed by atoms with E-state index in [0.717, 1.165) is 41.1 Å². The van der Waals surface area contributed by atoms with Gasteiger partial charge in [-0.2, -0.15) is 0 Å². The molecule has 0 amide bonds. The molecular weight excluding hydrogens is 288 g/mol. The van der Waals surface area contributed by atoms with Crippen LogP contribution in [0.2, 0.25) is 0 Å². The maximum Gasteiger partial charge on any atom is 0.128 e. The van der Waals surface area contributed by atoms with Gasteiger partial charge in [0.1, 0.15) is 5.84 Å². The van der Waals surface area contributed by atoms with Crippen molar-refractivity contribution >= 4 is 23.3 Å². The molecule has 122 valence electrons. The first-order valence-electron chi connectivity index (χ1n) is 7.64. The van der Waals surface area contributed by atoms with Crippen LogP contribution in [0.15, 0.2) is 41.7 Å². The van der Waals surface area contributed by atoms with Gasteiger partial charge in [-0.25, -0.2) is 0 Å². The first-order valence-corrected chi connectivity index (χ1v) is 7.64. The molecule has 0 atom stereocenters. The van der Waals surface area contributed by atoms with E-state index in [-0.39, 0.29) is 0 Å². The molecule has 0 bridgehead atoms. The van der Waals surface area contributed by atoms with Crippen molar-refractivity contribution < 1.29 is 0 Å². The molecule has 1 aliphatic heterocycles. The van der Waals surface area contributed by atoms with Gasteiger partial charge >= 0.3 is 0 Å². The van der Waals surface area contributed by atoms with Gasteiger partial charge in [0.15, 0.2) is 0 Å². The summed E-state index contributed by atoms with van der Waals surface area (Å²) in [6.45, 7) is 1.62. The Bertz CT molecular complexity index is 644. The number of allylic oxidation sites excluding steroid dienone is 1. The number of hydrogen-bond acceptors (Lipinski definition) is 5. The van der Waals surface area contributed by atoms with E-state index in [1.165, 1.54) is 6.21 Å². The molecule has 6 heteroatoms. The summed E-state index contributed by atoms with van der Waals surface area (Å²) in [4.78, 5) is 0. The first kappa shape index (κ1) is 16.8. The topological polar surface area (TPSA) is 95.8 Å². The van der Waals surface area contributed by atoms with Gasteiger partial charge in [0.25, 0.3) is 0 Å². The lowest BCUT2D eigenvalue weighted by Crippen LogP contribution is -2.34. The van der Waals surface area contributed by atoms with Crippen LogP contribution in [0.3, 0.4) is 0 Å². The molecule has 6 nitrogen and oxygen atoms in total. The maximum atomic E-state index is 8.34. The van der Waals surface area contributed by atoms with Crippen molar-refractivity contribution in [3.8, 4) is 0 Å². The number of benzene rings is 1. The molecule has 6 N–H and O–H groups in total. The Hall–Kier alpha value is -2.60. The normalized spacial score (nSPS) is 15.1. The lowest BCUT2D eigenvalue weighted by atomic mass is 10.1. The lowest BCUT2D eigenvalue weighted by Gasteiger charge is -2.22. The van der Waals surface area contributed by atoms with Gasteiger partial charge in [-0.3, -0.25) is 5.41 Å². The van der Waals surface area contributed by atoms with E-state index in [0.29, 0.717) is 12.4 Å². The quantitative estimate of drug-likeness (QED) is 0.356. The highest BCUT2D eigenvalue weighted by atomic mass is 15.0. The third-order valence-corrected chi connectivity index (χ3v) is 3.74. The van der Waals surface area contributed by atoms with Gasteiger partial charge in [0.2, 0.25) is 0 Å². The van der Waals surface area contributed by atoms with E-state index in [1.54, 1.807) is 6.20 Å². The van der Waals surface area contributed by atoms with E-state index in [9.17, 15) is 0 Å². The van der Waals surface area contributed by atoms with Gasteiger partial charge in [-0.15, -0.1) is 0 Å². The molecule has 1 aromatic carbocycles. The summed E-state index contributed by atoms with van der Waals surface area (Å²) in [6.07, 6.45) is 4.00. The Morgan fingerprint density at radius 1 is 1.30 bits per heavy atom. The second-order valence-corrected chi connectivity index (χ2v) is 5.25. The van der Waals surface area contributed by atoms with Crippen LogP contribution in [0.5, 0.6) is 0 Å². The van der Waals surface area contributed by atoms with Crippen LogP contribution in [-0.4, -0.2) is 39.2 Å². The minimum atomic E-state index is 0.396. The standard InChI is InChI=1S/C17H24N6/c1-20-10-13(9-18)12-4-3-5-14(8-12)23-17(19)15-11-22-7-6-16(15)21-2/h3-5,8-10,18,20-22H,6-7,11H2,1-2H3,(H2,19,23)/b13-10+,18-9?. The zero-order valence-corrected chi connectivity index (χ0v) is 13.6. The van der Waals surface area contributed by atoms with E-state index in [2.05, 4.69) is 21.3 Å². The van der Waals surface area contributed by atoms with Crippen molar-refractivity contribution in [3.63, 3.8) is 0 Å². The molecule has 2 rings (SSSR count). The minimum Gasteiger partial charge on any atom is -0.393 e. The van der Waals surface area contributed by atoms with Crippen molar-refractivity contribution in [2.24, 2.45) is 0 Å². The van der Waals surface area contributed by atoms with E-state index in [4.69, 9.17) is 10.8 Å². The fraction of sp³-hybridized carbons (Fsp3) is 0.294. The van der Waals surface area contributed by atoms with Gasteiger partial charge in [0.05, 0.1) is 0 Å². The predicted octanol–water partition coefficient (Wildman–Crippen LogP) is 1.75. The molecule has 23 heavy (non-hydrogen) atoms. The smallest absolute Gasteiger partial charge is 0.128 e.